The number of nitrogens with two attached hydrogens (primary N) is 1. The maximum Gasteiger partial charge on any atom is 0.307 e. The third kappa shape index (κ3) is 2.49. The van der Waals surface area contributed by atoms with E-state index < -0.39 is 31.1 Å². The molecule has 0 atom stereocenters. The molecule has 8 nitrogen and oxygen atoms in total. The molecule has 90 valence electrons. The second kappa shape index (κ2) is 4.36. The first-order valence-electron chi connectivity index (χ1n) is 4.10. The zero-order valence-electron chi connectivity index (χ0n) is 8.58. The van der Waals surface area contributed by atoms with Crippen LogP contribution in [0.1, 0.15) is 5.56 Å². The number of nitro groups is 1. The van der Waals surface area contributed by atoms with Crippen molar-refractivity contribution in [1.82, 2.24) is 0 Å². The summed E-state index contributed by atoms with van der Waals surface area (Å²) in [6, 6.07) is 3.48. The smallest absolute Gasteiger partial charge is 0.307 e. The summed E-state index contributed by atoms with van der Waals surface area (Å²) in [5.74, 6) is -0.00354. The predicted octanol–water partition coefficient (Wildman–Crippen LogP) is 0.122. The summed E-state index contributed by atoms with van der Waals surface area (Å²) in [7, 11) is -3.09. The number of nitriles is 1. The molecule has 0 saturated carbocycles. The molecule has 0 aliphatic heterocycles. The lowest BCUT2D eigenvalue weighted by molar-refractivity contribution is -0.388. The number of primary sulfonamides is 1. The Kier molecular flexibility index (Phi) is 3.31. The third-order valence-corrected chi connectivity index (χ3v) is 2.82. The van der Waals surface area contributed by atoms with Gasteiger partial charge >= 0.3 is 5.69 Å². The van der Waals surface area contributed by atoms with E-state index in [0.29, 0.717) is 0 Å². The average molecular weight is 257 g/mol. The van der Waals surface area contributed by atoms with Crippen LogP contribution >= 0.6 is 0 Å². The van der Waals surface area contributed by atoms with Gasteiger partial charge in [-0.05, 0) is 0 Å². The molecule has 0 heterocycles. The van der Waals surface area contributed by atoms with Crippen LogP contribution in [-0.4, -0.2) is 20.5 Å². The molecule has 0 aliphatic carbocycles. The summed E-state index contributed by atoms with van der Waals surface area (Å²) in [5, 5.41) is 24.3. The molecule has 0 bridgehead atoms. The van der Waals surface area contributed by atoms with Crippen LogP contribution in [-0.2, 0) is 10.0 Å². The highest BCUT2D eigenvalue weighted by molar-refractivity contribution is 7.89. The highest BCUT2D eigenvalue weighted by Crippen LogP contribution is 2.31. The number of hydrogen-bond acceptors (Lipinski definition) is 6. The van der Waals surface area contributed by atoms with Gasteiger partial charge in [-0.3, -0.25) is 10.1 Å². The number of rotatable bonds is 3. The number of nitro benzene ring substituents is 1. The number of sulfonamides is 1. The molecule has 1 aromatic rings. The van der Waals surface area contributed by atoms with E-state index >= 15 is 0 Å². The molecule has 0 unspecified atom stereocenters. The monoisotopic (exact) mass is 257 g/mol. The van der Waals surface area contributed by atoms with Gasteiger partial charge in [0.15, 0.2) is 4.90 Å². The molecule has 2 N–H and O–H groups in total. The minimum Gasteiger partial charge on any atom is -0.497 e. The van der Waals surface area contributed by atoms with Crippen molar-refractivity contribution in [2.45, 2.75) is 4.90 Å². The van der Waals surface area contributed by atoms with Gasteiger partial charge in [-0.1, -0.05) is 0 Å². The second-order valence-electron chi connectivity index (χ2n) is 2.94. The summed E-state index contributed by atoms with van der Waals surface area (Å²) >= 11 is 0. The predicted molar refractivity (Wildman–Crippen MR) is 55.7 cm³/mol. The highest BCUT2D eigenvalue weighted by atomic mass is 32.2. The average Bonchev–Trinajstić information content (AvgIpc) is 2.25. The van der Waals surface area contributed by atoms with Crippen molar-refractivity contribution >= 4 is 15.7 Å². The largest absolute Gasteiger partial charge is 0.497 e. The van der Waals surface area contributed by atoms with Crippen molar-refractivity contribution < 1.29 is 18.1 Å². The standard InChI is InChI=1S/C8H7N3O5S/c1-16-6-2-5(4-9)8(11(12)13)7(3-6)17(10,14)15/h2-3H,1H3,(H2,10,14,15). The van der Waals surface area contributed by atoms with Crippen LogP contribution < -0.4 is 9.88 Å². The fourth-order valence-electron chi connectivity index (χ4n) is 1.19. The Balaban J connectivity index is 3.79. The highest BCUT2D eigenvalue weighted by Gasteiger charge is 2.28. The molecule has 1 aromatic carbocycles. The van der Waals surface area contributed by atoms with Crippen LogP contribution in [0, 0.1) is 21.4 Å². The number of nitrogens with zero attached hydrogens (tertiary/aromatic N) is 2. The Morgan fingerprint density at radius 2 is 2.12 bits per heavy atom. The minimum absolute atomic E-state index is 0.00354. The van der Waals surface area contributed by atoms with Gasteiger partial charge < -0.3 is 4.74 Å². The maximum absolute atomic E-state index is 11.2. The molecule has 0 amide bonds. The van der Waals surface area contributed by atoms with Crippen LogP contribution in [0.15, 0.2) is 17.0 Å². The Hall–Kier alpha value is -2.18. The van der Waals surface area contributed by atoms with Crippen molar-refractivity contribution in [3.05, 3.63) is 27.8 Å². The van der Waals surface area contributed by atoms with Gasteiger partial charge in [0.05, 0.1) is 12.0 Å². The quantitative estimate of drug-likeness (QED) is 0.603. The van der Waals surface area contributed by atoms with E-state index in [1.807, 2.05) is 0 Å². The lowest BCUT2D eigenvalue weighted by Crippen LogP contribution is -2.15. The molecule has 0 fully saturated rings. The molecule has 0 aliphatic rings. The lowest BCUT2D eigenvalue weighted by atomic mass is 10.2. The lowest BCUT2D eigenvalue weighted by Gasteiger charge is -2.05. The van der Waals surface area contributed by atoms with Crippen molar-refractivity contribution in [3.63, 3.8) is 0 Å². The van der Waals surface area contributed by atoms with E-state index in [-0.39, 0.29) is 5.75 Å². The molecular formula is C8H7N3O5S. The zero-order valence-corrected chi connectivity index (χ0v) is 9.39. The van der Waals surface area contributed by atoms with Crippen molar-refractivity contribution in [3.8, 4) is 11.8 Å². The second-order valence-corrected chi connectivity index (χ2v) is 4.47. The summed E-state index contributed by atoms with van der Waals surface area (Å²) in [4.78, 5) is 9.02. The first kappa shape index (κ1) is 12.9. The number of hydrogen-bond donors (Lipinski definition) is 1. The molecular weight excluding hydrogens is 250 g/mol. The van der Waals surface area contributed by atoms with E-state index in [4.69, 9.17) is 15.1 Å². The van der Waals surface area contributed by atoms with Crippen LogP contribution in [0.4, 0.5) is 5.69 Å². The zero-order chi connectivity index (χ0) is 13.2. The van der Waals surface area contributed by atoms with Crippen molar-refractivity contribution in [2.24, 2.45) is 5.14 Å². The van der Waals surface area contributed by atoms with Crippen LogP contribution in [0.2, 0.25) is 0 Å². The van der Waals surface area contributed by atoms with Gasteiger partial charge in [-0.15, -0.1) is 0 Å². The molecule has 0 aromatic heterocycles. The van der Waals surface area contributed by atoms with E-state index in [9.17, 15) is 18.5 Å². The van der Waals surface area contributed by atoms with E-state index in [0.717, 1.165) is 12.1 Å². The Bertz CT molecular complexity index is 617. The number of ether oxygens (including phenoxy) is 1. The normalized spacial score (nSPS) is 10.6. The fourth-order valence-corrected chi connectivity index (χ4v) is 1.93. The Morgan fingerprint density at radius 3 is 2.47 bits per heavy atom. The van der Waals surface area contributed by atoms with E-state index in [1.54, 1.807) is 0 Å². The summed E-state index contributed by atoms with van der Waals surface area (Å²) in [5.41, 5.74) is -1.28. The van der Waals surface area contributed by atoms with E-state index in [2.05, 4.69) is 0 Å². The van der Waals surface area contributed by atoms with Gasteiger partial charge in [0, 0.05) is 12.1 Å². The molecule has 0 radical (unpaired) electrons. The molecule has 0 spiro atoms. The molecule has 0 saturated heterocycles. The van der Waals surface area contributed by atoms with Gasteiger partial charge in [0.2, 0.25) is 10.0 Å². The third-order valence-electron chi connectivity index (χ3n) is 1.89. The van der Waals surface area contributed by atoms with Gasteiger partial charge in [0.1, 0.15) is 17.4 Å². The first-order chi connectivity index (χ1) is 7.81. The SMILES string of the molecule is COc1cc(C#N)c([N+](=O)[O-])c(S(N)(=O)=O)c1. The van der Waals surface area contributed by atoms with Crippen LogP contribution in [0.3, 0.4) is 0 Å². The number of benzene rings is 1. The van der Waals surface area contributed by atoms with E-state index in [1.165, 1.54) is 13.2 Å². The molecule has 1 rings (SSSR count). The molecule has 9 heteroatoms. The van der Waals surface area contributed by atoms with Crippen molar-refractivity contribution in [2.75, 3.05) is 7.11 Å². The van der Waals surface area contributed by atoms with Gasteiger partial charge in [-0.25, -0.2) is 13.6 Å². The first-order valence-corrected chi connectivity index (χ1v) is 5.65. The Labute approximate surface area is 96.4 Å². The van der Waals surface area contributed by atoms with Gasteiger partial charge in [0.25, 0.3) is 0 Å². The minimum atomic E-state index is -4.32. The summed E-state index contributed by atoms with van der Waals surface area (Å²) in [6.45, 7) is 0. The fraction of sp³-hybridized carbons (Fsp3) is 0.125. The van der Waals surface area contributed by atoms with Crippen LogP contribution in [0.25, 0.3) is 0 Å². The molecule has 17 heavy (non-hydrogen) atoms. The Morgan fingerprint density at radius 1 is 1.53 bits per heavy atom. The van der Waals surface area contributed by atoms with Crippen molar-refractivity contribution in [1.29, 1.82) is 5.26 Å². The topological polar surface area (TPSA) is 136 Å². The number of methoxy groups -OCH3 is 1. The summed E-state index contributed by atoms with van der Waals surface area (Å²) in [6.07, 6.45) is 0. The summed E-state index contributed by atoms with van der Waals surface area (Å²) < 4.78 is 27.1. The van der Waals surface area contributed by atoms with Gasteiger partial charge in [-0.2, -0.15) is 5.26 Å². The maximum atomic E-state index is 11.2. The van der Waals surface area contributed by atoms with Crippen LogP contribution in [0.5, 0.6) is 5.75 Å².